The fraction of sp³-hybridized carbons (Fsp3) is 0.714. The molecule has 0 radical (unpaired) electrons. The zero-order valence-electron chi connectivity index (χ0n) is 18.1. The minimum atomic E-state index is -0.949. The molecule has 31 heavy (non-hydrogen) atoms. The van der Waals surface area contributed by atoms with Gasteiger partial charge in [-0.05, 0) is 38.5 Å². The lowest BCUT2D eigenvalue weighted by molar-refractivity contribution is -0.164. The van der Waals surface area contributed by atoms with Crippen LogP contribution < -0.4 is 0 Å². The minimum absolute atomic E-state index is 0.00216. The second-order valence-electron chi connectivity index (χ2n) is 7.52. The van der Waals surface area contributed by atoms with Gasteiger partial charge in [-0.15, -0.1) is 0 Å². The van der Waals surface area contributed by atoms with Crippen molar-refractivity contribution < 1.29 is 48.5 Å². The molecule has 2 unspecified atom stereocenters. The number of rotatable bonds is 16. The Hall–Kier alpha value is -2.78. The molecular formula is C21H32O10. The molecule has 176 valence electrons. The van der Waals surface area contributed by atoms with Gasteiger partial charge in [0.1, 0.15) is 0 Å². The normalized spacial score (nSPS) is 12.5. The number of esters is 4. The second-order valence-corrected chi connectivity index (χ2v) is 7.52. The van der Waals surface area contributed by atoms with E-state index < -0.39 is 47.7 Å². The van der Waals surface area contributed by atoms with Crippen molar-refractivity contribution in [1.29, 1.82) is 0 Å². The molecule has 0 aromatic heterocycles. The largest absolute Gasteiger partial charge is 0.481 e. The van der Waals surface area contributed by atoms with Gasteiger partial charge in [0.15, 0.2) is 0 Å². The van der Waals surface area contributed by atoms with Crippen molar-refractivity contribution in [3.8, 4) is 0 Å². The quantitative estimate of drug-likeness (QED) is 0.206. The Labute approximate surface area is 181 Å². The summed E-state index contributed by atoms with van der Waals surface area (Å²) in [7, 11) is 0. The predicted octanol–water partition coefficient (Wildman–Crippen LogP) is 2.86. The van der Waals surface area contributed by atoms with Crippen LogP contribution >= 0.6 is 0 Å². The molecule has 0 aliphatic rings. The minimum Gasteiger partial charge on any atom is -0.481 e. The van der Waals surface area contributed by atoms with Gasteiger partial charge in [-0.2, -0.15) is 0 Å². The van der Waals surface area contributed by atoms with E-state index in [9.17, 15) is 28.8 Å². The molecule has 0 heterocycles. The van der Waals surface area contributed by atoms with Gasteiger partial charge in [0, 0.05) is 25.7 Å². The van der Waals surface area contributed by atoms with Gasteiger partial charge in [0.05, 0.1) is 11.8 Å². The molecule has 0 rings (SSSR count). The molecule has 0 aliphatic carbocycles. The highest BCUT2D eigenvalue weighted by Gasteiger charge is 2.19. The van der Waals surface area contributed by atoms with E-state index in [1.807, 2.05) is 0 Å². The number of carboxylic acid groups (broad SMARTS) is 2. The molecule has 2 N–H and O–H groups in total. The molecule has 0 aliphatic heterocycles. The van der Waals surface area contributed by atoms with Gasteiger partial charge in [0.25, 0.3) is 0 Å². The van der Waals surface area contributed by atoms with Gasteiger partial charge in [-0.1, -0.05) is 20.3 Å². The van der Waals surface area contributed by atoms with Crippen molar-refractivity contribution in [2.75, 3.05) is 0 Å². The standard InChI is InChI=1S/C21H32O10/c1-14(8-6-10-16(22)23)20(28)30-18(26)12-4-3-5-13-19(27)31-21(29)15(2)9-7-11-17(24)25/h14-15H,3-13H2,1-2H3,(H,22,23)(H,24,25). The van der Waals surface area contributed by atoms with E-state index in [2.05, 4.69) is 0 Å². The van der Waals surface area contributed by atoms with E-state index in [1.54, 1.807) is 13.8 Å². The Morgan fingerprint density at radius 3 is 1.26 bits per heavy atom. The highest BCUT2D eigenvalue weighted by Crippen LogP contribution is 2.13. The Morgan fingerprint density at radius 2 is 0.935 bits per heavy atom. The van der Waals surface area contributed by atoms with Gasteiger partial charge in [0.2, 0.25) is 0 Å². The maximum absolute atomic E-state index is 11.8. The summed E-state index contributed by atoms with van der Waals surface area (Å²) in [5.41, 5.74) is 0. The fourth-order valence-corrected chi connectivity index (χ4v) is 2.60. The summed E-state index contributed by atoms with van der Waals surface area (Å²) in [6.07, 6.45) is 2.46. The average Bonchev–Trinajstić information content (AvgIpc) is 2.66. The van der Waals surface area contributed by atoms with Crippen molar-refractivity contribution in [3.05, 3.63) is 0 Å². The summed E-state index contributed by atoms with van der Waals surface area (Å²) in [4.78, 5) is 67.8. The van der Waals surface area contributed by atoms with Crippen molar-refractivity contribution in [3.63, 3.8) is 0 Å². The van der Waals surface area contributed by atoms with Crippen LogP contribution in [-0.4, -0.2) is 46.0 Å². The maximum Gasteiger partial charge on any atom is 0.316 e. The molecule has 0 bridgehead atoms. The van der Waals surface area contributed by atoms with Crippen LogP contribution in [0.25, 0.3) is 0 Å². The van der Waals surface area contributed by atoms with Crippen molar-refractivity contribution >= 4 is 35.8 Å². The molecule has 0 fully saturated rings. The first-order valence-electron chi connectivity index (χ1n) is 10.5. The van der Waals surface area contributed by atoms with Crippen LogP contribution in [0.2, 0.25) is 0 Å². The lowest BCUT2D eigenvalue weighted by atomic mass is 10.0. The third kappa shape index (κ3) is 15.7. The molecular weight excluding hydrogens is 412 g/mol. The van der Waals surface area contributed by atoms with E-state index >= 15 is 0 Å². The fourth-order valence-electron chi connectivity index (χ4n) is 2.60. The third-order valence-electron chi connectivity index (χ3n) is 4.55. The molecule has 0 spiro atoms. The van der Waals surface area contributed by atoms with Crippen molar-refractivity contribution in [1.82, 2.24) is 0 Å². The van der Waals surface area contributed by atoms with E-state index in [-0.39, 0.29) is 25.7 Å². The molecule has 0 aromatic rings. The van der Waals surface area contributed by atoms with Crippen LogP contribution in [0.1, 0.15) is 84.5 Å². The number of carbonyl (C=O) groups excluding carboxylic acids is 4. The second kappa shape index (κ2) is 16.0. The van der Waals surface area contributed by atoms with E-state index in [0.29, 0.717) is 44.9 Å². The first kappa shape index (κ1) is 28.2. The first-order valence-corrected chi connectivity index (χ1v) is 10.5. The van der Waals surface area contributed by atoms with Crippen LogP contribution in [-0.2, 0) is 38.2 Å². The monoisotopic (exact) mass is 444 g/mol. The zero-order chi connectivity index (χ0) is 23.8. The summed E-state index contributed by atoms with van der Waals surface area (Å²) >= 11 is 0. The number of carboxylic acids is 2. The van der Waals surface area contributed by atoms with E-state index in [4.69, 9.17) is 19.7 Å². The Morgan fingerprint density at radius 1 is 0.581 bits per heavy atom. The highest BCUT2D eigenvalue weighted by molar-refractivity contribution is 5.87. The summed E-state index contributed by atoms with van der Waals surface area (Å²) in [5.74, 6) is -5.76. The Bertz CT molecular complexity index is 586. The topological polar surface area (TPSA) is 161 Å². The Kier molecular flexibility index (Phi) is 14.5. The van der Waals surface area contributed by atoms with Gasteiger partial charge < -0.3 is 19.7 Å². The van der Waals surface area contributed by atoms with Crippen LogP contribution in [0.5, 0.6) is 0 Å². The average molecular weight is 444 g/mol. The van der Waals surface area contributed by atoms with E-state index in [1.165, 1.54) is 0 Å². The lowest BCUT2D eigenvalue weighted by Crippen LogP contribution is -2.20. The first-order chi connectivity index (χ1) is 14.5. The lowest BCUT2D eigenvalue weighted by Gasteiger charge is -2.10. The summed E-state index contributed by atoms with van der Waals surface area (Å²) in [5, 5.41) is 17.1. The number of unbranched alkanes of at least 4 members (excludes halogenated alkanes) is 2. The summed E-state index contributed by atoms with van der Waals surface area (Å²) < 4.78 is 9.45. The summed E-state index contributed by atoms with van der Waals surface area (Å²) in [6.45, 7) is 3.13. The molecule has 0 aromatic carbocycles. The molecule has 0 saturated heterocycles. The highest BCUT2D eigenvalue weighted by atomic mass is 16.6. The van der Waals surface area contributed by atoms with E-state index in [0.717, 1.165) is 0 Å². The number of hydrogen-bond donors (Lipinski definition) is 2. The molecule has 10 nitrogen and oxygen atoms in total. The number of hydrogen-bond acceptors (Lipinski definition) is 8. The van der Waals surface area contributed by atoms with Crippen molar-refractivity contribution in [2.45, 2.75) is 84.5 Å². The van der Waals surface area contributed by atoms with Crippen LogP contribution in [0.15, 0.2) is 0 Å². The summed E-state index contributed by atoms with van der Waals surface area (Å²) in [6, 6.07) is 0. The smallest absolute Gasteiger partial charge is 0.316 e. The number of aliphatic carboxylic acids is 2. The number of carbonyl (C=O) groups is 6. The van der Waals surface area contributed by atoms with Crippen molar-refractivity contribution in [2.24, 2.45) is 11.8 Å². The maximum atomic E-state index is 11.8. The molecule has 2 atom stereocenters. The predicted molar refractivity (Wildman–Crippen MR) is 107 cm³/mol. The SMILES string of the molecule is CC(CCCC(=O)O)C(=O)OC(=O)CCCCCC(=O)OC(=O)C(C)CCCC(=O)O. The third-order valence-corrected chi connectivity index (χ3v) is 4.55. The van der Waals surface area contributed by atoms with Gasteiger partial charge >= 0.3 is 35.8 Å². The zero-order valence-corrected chi connectivity index (χ0v) is 18.1. The van der Waals surface area contributed by atoms with Gasteiger partial charge in [-0.25, -0.2) is 0 Å². The van der Waals surface area contributed by atoms with Gasteiger partial charge in [-0.3, -0.25) is 28.8 Å². The van der Waals surface area contributed by atoms with Crippen LogP contribution in [0.4, 0.5) is 0 Å². The molecule has 0 saturated carbocycles. The number of ether oxygens (including phenoxy) is 2. The van der Waals surface area contributed by atoms with Crippen LogP contribution in [0.3, 0.4) is 0 Å². The molecule has 10 heteroatoms. The Balaban J connectivity index is 3.90. The van der Waals surface area contributed by atoms with Crippen LogP contribution in [0, 0.1) is 11.8 Å². The molecule has 0 amide bonds.